The van der Waals surface area contributed by atoms with Crippen molar-refractivity contribution in [3.63, 3.8) is 0 Å². The van der Waals surface area contributed by atoms with Gasteiger partial charge in [0.2, 0.25) is 0 Å². The van der Waals surface area contributed by atoms with Crippen LogP contribution in [0, 0.1) is 11.3 Å². The Balaban J connectivity index is 1.79. The summed E-state index contributed by atoms with van der Waals surface area (Å²) in [6.45, 7) is 2.33. The van der Waals surface area contributed by atoms with Crippen LogP contribution >= 0.6 is 0 Å². The van der Waals surface area contributed by atoms with Gasteiger partial charge in [-0.3, -0.25) is 0 Å². The fraction of sp³-hybridized carbons (Fsp3) is 1.00. The summed E-state index contributed by atoms with van der Waals surface area (Å²) in [7, 11) is 1.86. The zero-order valence-corrected chi connectivity index (χ0v) is 9.01. The van der Waals surface area contributed by atoms with E-state index in [4.69, 9.17) is 4.74 Å². The molecule has 0 bridgehead atoms. The maximum atomic E-state index is 5.37. The van der Waals surface area contributed by atoms with Crippen molar-refractivity contribution >= 4 is 0 Å². The van der Waals surface area contributed by atoms with Crippen molar-refractivity contribution < 1.29 is 4.74 Å². The SMILES string of the molecule is CCC1CCC2(CC1)CC(OC)C2. The van der Waals surface area contributed by atoms with Crippen molar-refractivity contribution in [1.82, 2.24) is 0 Å². The van der Waals surface area contributed by atoms with Gasteiger partial charge in [0.15, 0.2) is 0 Å². The molecule has 0 aromatic carbocycles. The van der Waals surface area contributed by atoms with Crippen molar-refractivity contribution in [3.8, 4) is 0 Å². The third-order valence-corrected chi connectivity index (χ3v) is 4.40. The van der Waals surface area contributed by atoms with Crippen LogP contribution in [0.3, 0.4) is 0 Å². The molecule has 0 aliphatic heterocycles. The standard InChI is InChI=1S/C12H22O/c1-3-10-4-6-12(7-5-10)8-11(9-12)13-2/h10-11H,3-9H2,1-2H3. The Bertz CT molecular complexity index is 160. The lowest BCUT2D eigenvalue weighted by Crippen LogP contribution is -2.44. The largest absolute Gasteiger partial charge is 0.381 e. The molecule has 1 heteroatoms. The summed E-state index contributed by atoms with van der Waals surface area (Å²) in [5, 5.41) is 0. The smallest absolute Gasteiger partial charge is 0.0582 e. The zero-order valence-electron chi connectivity index (χ0n) is 9.01. The van der Waals surface area contributed by atoms with Crippen LogP contribution < -0.4 is 0 Å². The lowest BCUT2D eigenvalue weighted by Gasteiger charge is -2.51. The number of hydrogen-bond acceptors (Lipinski definition) is 1. The van der Waals surface area contributed by atoms with Crippen molar-refractivity contribution in [1.29, 1.82) is 0 Å². The maximum Gasteiger partial charge on any atom is 0.0582 e. The number of rotatable bonds is 2. The maximum absolute atomic E-state index is 5.37. The molecule has 2 aliphatic rings. The molecule has 76 valence electrons. The fourth-order valence-corrected chi connectivity index (χ4v) is 3.18. The summed E-state index contributed by atoms with van der Waals surface area (Å²) in [5.74, 6) is 1.03. The molecule has 0 heterocycles. The van der Waals surface area contributed by atoms with Crippen molar-refractivity contribution in [2.75, 3.05) is 7.11 Å². The van der Waals surface area contributed by atoms with Gasteiger partial charge in [-0.05, 0) is 49.9 Å². The van der Waals surface area contributed by atoms with E-state index in [1.165, 1.54) is 44.9 Å². The minimum absolute atomic E-state index is 0.596. The Morgan fingerprint density at radius 2 is 1.85 bits per heavy atom. The van der Waals surface area contributed by atoms with E-state index in [0.29, 0.717) is 6.10 Å². The molecule has 2 saturated carbocycles. The van der Waals surface area contributed by atoms with Crippen LogP contribution in [-0.2, 0) is 4.74 Å². The Hall–Kier alpha value is -0.0400. The quantitative estimate of drug-likeness (QED) is 0.636. The van der Waals surface area contributed by atoms with Gasteiger partial charge in [0.25, 0.3) is 0 Å². The highest BCUT2D eigenvalue weighted by Gasteiger charge is 2.45. The highest BCUT2D eigenvalue weighted by Crippen LogP contribution is 2.53. The lowest BCUT2D eigenvalue weighted by atomic mass is 9.57. The fourth-order valence-electron chi connectivity index (χ4n) is 3.18. The average Bonchev–Trinajstić information content (AvgIpc) is 2.14. The highest BCUT2D eigenvalue weighted by atomic mass is 16.5. The Kier molecular flexibility index (Phi) is 2.64. The molecule has 0 N–H and O–H groups in total. The molecule has 2 fully saturated rings. The van der Waals surface area contributed by atoms with Crippen LogP contribution in [0.5, 0.6) is 0 Å². The van der Waals surface area contributed by atoms with Gasteiger partial charge in [-0.2, -0.15) is 0 Å². The molecule has 0 saturated heterocycles. The van der Waals surface area contributed by atoms with Gasteiger partial charge in [-0.1, -0.05) is 13.3 Å². The molecule has 0 unspecified atom stereocenters. The minimum Gasteiger partial charge on any atom is -0.381 e. The van der Waals surface area contributed by atoms with E-state index < -0.39 is 0 Å². The van der Waals surface area contributed by atoms with E-state index in [1.54, 1.807) is 0 Å². The molecule has 0 aromatic heterocycles. The molecule has 0 atom stereocenters. The Labute approximate surface area is 81.9 Å². The second-order valence-electron chi connectivity index (χ2n) is 5.12. The van der Waals surface area contributed by atoms with Gasteiger partial charge in [0.05, 0.1) is 6.10 Å². The monoisotopic (exact) mass is 182 g/mol. The molecule has 2 aliphatic carbocycles. The molecule has 0 aromatic rings. The first kappa shape index (κ1) is 9.51. The van der Waals surface area contributed by atoms with Gasteiger partial charge in [-0.15, -0.1) is 0 Å². The predicted octanol–water partition coefficient (Wildman–Crippen LogP) is 3.38. The van der Waals surface area contributed by atoms with Crippen molar-refractivity contribution in [2.24, 2.45) is 11.3 Å². The lowest BCUT2D eigenvalue weighted by molar-refractivity contribution is -0.0832. The van der Waals surface area contributed by atoms with Crippen LogP contribution in [0.1, 0.15) is 51.9 Å². The van der Waals surface area contributed by atoms with Crippen LogP contribution in [-0.4, -0.2) is 13.2 Å². The van der Waals surface area contributed by atoms with Gasteiger partial charge in [-0.25, -0.2) is 0 Å². The van der Waals surface area contributed by atoms with E-state index in [1.807, 2.05) is 7.11 Å². The molecule has 2 rings (SSSR count). The number of ether oxygens (including phenoxy) is 1. The van der Waals surface area contributed by atoms with Gasteiger partial charge in [0.1, 0.15) is 0 Å². The topological polar surface area (TPSA) is 9.23 Å². The molecule has 0 amide bonds. The third-order valence-electron chi connectivity index (χ3n) is 4.40. The molecule has 13 heavy (non-hydrogen) atoms. The van der Waals surface area contributed by atoms with Crippen molar-refractivity contribution in [2.45, 2.75) is 58.0 Å². The van der Waals surface area contributed by atoms with Crippen LogP contribution in [0.15, 0.2) is 0 Å². The van der Waals surface area contributed by atoms with Crippen LogP contribution in [0.25, 0.3) is 0 Å². The second-order valence-corrected chi connectivity index (χ2v) is 5.12. The third kappa shape index (κ3) is 1.76. The summed E-state index contributed by atoms with van der Waals surface area (Å²) in [6, 6.07) is 0. The molecule has 0 radical (unpaired) electrons. The number of methoxy groups -OCH3 is 1. The van der Waals surface area contributed by atoms with Crippen LogP contribution in [0.2, 0.25) is 0 Å². The Morgan fingerprint density at radius 1 is 1.23 bits per heavy atom. The Morgan fingerprint density at radius 3 is 2.31 bits per heavy atom. The summed E-state index contributed by atoms with van der Waals surface area (Å²) in [5.41, 5.74) is 0.729. The van der Waals surface area contributed by atoms with Crippen molar-refractivity contribution in [3.05, 3.63) is 0 Å². The first-order valence-corrected chi connectivity index (χ1v) is 5.81. The van der Waals surface area contributed by atoms with E-state index in [9.17, 15) is 0 Å². The first-order valence-electron chi connectivity index (χ1n) is 5.81. The molecule has 1 nitrogen and oxygen atoms in total. The average molecular weight is 182 g/mol. The predicted molar refractivity (Wildman–Crippen MR) is 54.7 cm³/mol. The van der Waals surface area contributed by atoms with Gasteiger partial charge < -0.3 is 4.74 Å². The summed E-state index contributed by atoms with van der Waals surface area (Å²) in [6.07, 6.45) is 10.6. The first-order chi connectivity index (χ1) is 6.28. The molecule has 1 spiro atoms. The van der Waals surface area contributed by atoms with Crippen LogP contribution in [0.4, 0.5) is 0 Å². The van der Waals surface area contributed by atoms with Gasteiger partial charge >= 0.3 is 0 Å². The van der Waals surface area contributed by atoms with E-state index in [0.717, 1.165) is 11.3 Å². The normalized spacial score (nSPS) is 44.8. The summed E-state index contributed by atoms with van der Waals surface area (Å²) in [4.78, 5) is 0. The molecular formula is C12H22O. The summed E-state index contributed by atoms with van der Waals surface area (Å²) < 4.78 is 5.37. The highest BCUT2D eigenvalue weighted by molar-refractivity contribution is 4.97. The van der Waals surface area contributed by atoms with E-state index >= 15 is 0 Å². The van der Waals surface area contributed by atoms with Gasteiger partial charge in [0, 0.05) is 7.11 Å². The second kappa shape index (κ2) is 3.61. The van der Waals surface area contributed by atoms with E-state index in [-0.39, 0.29) is 0 Å². The zero-order chi connectivity index (χ0) is 9.31. The summed E-state index contributed by atoms with van der Waals surface area (Å²) >= 11 is 0. The molecular weight excluding hydrogens is 160 g/mol. The number of hydrogen-bond donors (Lipinski definition) is 0. The van der Waals surface area contributed by atoms with E-state index in [2.05, 4.69) is 6.92 Å². The minimum atomic E-state index is 0.596.